The van der Waals surface area contributed by atoms with Crippen LogP contribution in [0.5, 0.6) is 5.75 Å². The molecule has 0 spiro atoms. The molecule has 0 amide bonds. The summed E-state index contributed by atoms with van der Waals surface area (Å²) in [7, 11) is 1.60. The summed E-state index contributed by atoms with van der Waals surface area (Å²) >= 11 is 0. The zero-order valence-electron chi connectivity index (χ0n) is 10.4. The molecule has 1 aromatic rings. The maximum atomic E-state index is 10.5. The molecule has 94 valence electrons. The van der Waals surface area contributed by atoms with Crippen molar-refractivity contribution in [3.8, 4) is 5.75 Å². The van der Waals surface area contributed by atoms with Crippen LogP contribution in [0, 0.1) is 13.8 Å². The van der Waals surface area contributed by atoms with E-state index in [9.17, 15) is 9.90 Å². The van der Waals surface area contributed by atoms with Crippen LogP contribution in [0.25, 0.3) is 0 Å². The van der Waals surface area contributed by atoms with Gasteiger partial charge < -0.3 is 14.9 Å². The van der Waals surface area contributed by atoms with Crippen LogP contribution < -0.4 is 4.74 Å². The fourth-order valence-electron chi connectivity index (χ4n) is 1.81. The van der Waals surface area contributed by atoms with E-state index >= 15 is 0 Å². The molecular formula is C13H18O4. The van der Waals surface area contributed by atoms with Crippen LogP contribution in [0.1, 0.15) is 35.6 Å². The third kappa shape index (κ3) is 3.46. The van der Waals surface area contributed by atoms with Crippen molar-refractivity contribution in [1.82, 2.24) is 0 Å². The van der Waals surface area contributed by atoms with Gasteiger partial charge in [0.2, 0.25) is 0 Å². The molecule has 0 saturated heterocycles. The summed E-state index contributed by atoms with van der Waals surface area (Å²) in [5.41, 5.74) is 2.61. The SMILES string of the molecule is COc1cc(C)c(C(O)CCC(=O)O)cc1C. The maximum Gasteiger partial charge on any atom is 0.303 e. The second-order valence-corrected chi connectivity index (χ2v) is 4.13. The normalized spacial score (nSPS) is 12.2. The highest BCUT2D eigenvalue weighted by Gasteiger charge is 2.14. The number of carboxylic acid groups (broad SMARTS) is 1. The van der Waals surface area contributed by atoms with E-state index in [1.165, 1.54) is 0 Å². The smallest absolute Gasteiger partial charge is 0.303 e. The van der Waals surface area contributed by atoms with Gasteiger partial charge in [0.05, 0.1) is 13.2 Å². The summed E-state index contributed by atoms with van der Waals surface area (Å²) in [5, 5.41) is 18.5. The van der Waals surface area contributed by atoms with E-state index in [4.69, 9.17) is 9.84 Å². The van der Waals surface area contributed by atoms with Gasteiger partial charge in [0, 0.05) is 6.42 Å². The number of ether oxygens (including phenoxy) is 1. The second-order valence-electron chi connectivity index (χ2n) is 4.13. The minimum atomic E-state index is -0.896. The lowest BCUT2D eigenvalue weighted by atomic mass is 9.97. The zero-order valence-corrected chi connectivity index (χ0v) is 10.4. The molecule has 0 fully saturated rings. The maximum absolute atomic E-state index is 10.5. The number of carboxylic acids is 1. The van der Waals surface area contributed by atoms with E-state index in [2.05, 4.69) is 0 Å². The Labute approximate surface area is 101 Å². The topological polar surface area (TPSA) is 66.8 Å². The van der Waals surface area contributed by atoms with E-state index in [-0.39, 0.29) is 12.8 Å². The molecular weight excluding hydrogens is 220 g/mol. The Kier molecular flexibility index (Phi) is 4.52. The average molecular weight is 238 g/mol. The van der Waals surface area contributed by atoms with Crippen LogP contribution in [0.4, 0.5) is 0 Å². The first-order valence-corrected chi connectivity index (χ1v) is 5.50. The minimum Gasteiger partial charge on any atom is -0.496 e. The largest absolute Gasteiger partial charge is 0.496 e. The van der Waals surface area contributed by atoms with Crippen LogP contribution in [-0.4, -0.2) is 23.3 Å². The number of benzene rings is 1. The summed E-state index contributed by atoms with van der Waals surface area (Å²) in [4.78, 5) is 10.5. The van der Waals surface area contributed by atoms with Gasteiger partial charge >= 0.3 is 5.97 Å². The third-order valence-electron chi connectivity index (χ3n) is 2.77. The van der Waals surface area contributed by atoms with Crippen molar-refractivity contribution in [3.63, 3.8) is 0 Å². The van der Waals surface area contributed by atoms with E-state index < -0.39 is 12.1 Å². The number of methoxy groups -OCH3 is 1. The number of carbonyl (C=O) groups is 1. The molecule has 0 heterocycles. The van der Waals surface area contributed by atoms with Crippen LogP contribution in [0.3, 0.4) is 0 Å². The highest BCUT2D eigenvalue weighted by atomic mass is 16.5. The van der Waals surface area contributed by atoms with E-state index in [0.717, 1.165) is 22.4 Å². The second kappa shape index (κ2) is 5.68. The fourth-order valence-corrected chi connectivity index (χ4v) is 1.81. The molecule has 2 N–H and O–H groups in total. The van der Waals surface area contributed by atoms with Gasteiger partial charge in [-0.25, -0.2) is 0 Å². The summed E-state index contributed by atoms with van der Waals surface area (Å²) in [6.45, 7) is 3.77. The van der Waals surface area contributed by atoms with Gasteiger partial charge in [0.15, 0.2) is 0 Å². The summed E-state index contributed by atoms with van der Waals surface area (Å²) in [6, 6.07) is 3.70. The molecule has 0 radical (unpaired) electrons. The molecule has 17 heavy (non-hydrogen) atoms. The Bertz CT molecular complexity index is 412. The monoisotopic (exact) mass is 238 g/mol. The number of rotatable bonds is 5. The number of hydrogen-bond acceptors (Lipinski definition) is 3. The summed E-state index contributed by atoms with van der Waals surface area (Å²) in [6.07, 6.45) is -0.552. The first-order chi connectivity index (χ1) is 7.95. The lowest BCUT2D eigenvalue weighted by Crippen LogP contribution is -2.05. The predicted molar refractivity (Wildman–Crippen MR) is 64.3 cm³/mol. The molecule has 0 saturated carbocycles. The Morgan fingerprint density at radius 1 is 1.35 bits per heavy atom. The van der Waals surface area contributed by atoms with Gasteiger partial charge in [-0.1, -0.05) is 0 Å². The van der Waals surface area contributed by atoms with Crippen LogP contribution in [0.2, 0.25) is 0 Å². The molecule has 0 aliphatic carbocycles. The Balaban J connectivity index is 2.90. The quantitative estimate of drug-likeness (QED) is 0.825. The van der Waals surface area contributed by atoms with Crippen LogP contribution in [-0.2, 0) is 4.79 Å². The third-order valence-corrected chi connectivity index (χ3v) is 2.77. The van der Waals surface area contributed by atoms with Crippen molar-refractivity contribution in [3.05, 3.63) is 28.8 Å². The van der Waals surface area contributed by atoms with Crippen LogP contribution >= 0.6 is 0 Å². The van der Waals surface area contributed by atoms with E-state index in [0.29, 0.717) is 0 Å². The zero-order chi connectivity index (χ0) is 13.0. The van der Waals surface area contributed by atoms with Crippen LogP contribution in [0.15, 0.2) is 12.1 Å². The van der Waals surface area contributed by atoms with Crippen molar-refractivity contribution in [2.45, 2.75) is 32.8 Å². The average Bonchev–Trinajstić information content (AvgIpc) is 2.28. The van der Waals surface area contributed by atoms with Crippen molar-refractivity contribution < 1.29 is 19.7 Å². The number of aryl methyl sites for hydroxylation is 2. The van der Waals surface area contributed by atoms with Crippen molar-refractivity contribution in [2.75, 3.05) is 7.11 Å². The number of aliphatic hydroxyl groups excluding tert-OH is 1. The Hall–Kier alpha value is -1.55. The van der Waals surface area contributed by atoms with E-state index in [1.807, 2.05) is 26.0 Å². The van der Waals surface area contributed by atoms with Gasteiger partial charge in [-0.15, -0.1) is 0 Å². The number of aliphatic carboxylic acids is 1. The number of aliphatic hydroxyl groups is 1. The molecule has 1 rings (SSSR count). The summed E-state index contributed by atoms with van der Waals surface area (Å²) < 4.78 is 5.18. The highest BCUT2D eigenvalue weighted by molar-refractivity contribution is 5.66. The molecule has 4 heteroatoms. The molecule has 1 unspecified atom stereocenters. The van der Waals surface area contributed by atoms with Gasteiger partial charge in [0.25, 0.3) is 0 Å². The lowest BCUT2D eigenvalue weighted by Gasteiger charge is -2.15. The molecule has 4 nitrogen and oxygen atoms in total. The lowest BCUT2D eigenvalue weighted by molar-refractivity contribution is -0.137. The van der Waals surface area contributed by atoms with Gasteiger partial charge in [-0.2, -0.15) is 0 Å². The van der Waals surface area contributed by atoms with Gasteiger partial charge in [-0.3, -0.25) is 4.79 Å². The fraction of sp³-hybridized carbons (Fsp3) is 0.462. The first kappa shape index (κ1) is 13.5. The Morgan fingerprint density at radius 2 is 2.00 bits per heavy atom. The molecule has 0 aliphatic rings. The number of hydrogen-bond donors (Lipinski definition) is 2. The minimum absolute atomic E-state index is 0.0360. The Morgan fingerprint density at radius 3 is 2.53 bits per heavy atom. The molecule has 1 atom stereocenters. The van der Waals surface area contributed by atoms with Gasteiger partial charge in [0.1, 0.15) is 5.75 Å². The standard InChI is InChI=1S/C13H18O4/c1-8-7-12(17-3)9(2)6-10(8)11(14)4-5-13(15)16/h6-7,11,14H,4-5H2,1-3H3,(H,15,16). The van der Waals surface area contributed by atoms with Crippen molar-refractivity contribution in [1.29, 1.82) is 0 Å². The predicted octanol–water partition coefficient (Wildman–Crippen LogP) is 2.21. The molecule has 1 aromatic carbocycles. The highest BCUT2D eigenvalue weighted by Crippen LogP contribution is 2.28. The van der Waals surface area contributed by atoms with E-state index in [1.54, 1.807) is 7.11 Å². The first-order valence-electron chi connectivity index (χ1n) is 5.50. The molecule has 0 aliphatic heterocycles. The van der Waals surface area contributed by atoms with Crippen molar-refractivity contribution >= 4 is 5.97 Å². The molecule has 0 bridgehead atoms. The molecule has 0 aromatic heterocycles. The van der Waals surface area contributed by atoms with Gasteiger partial charge in [-0.05, 0) is 49.1 Å². The summed E-state index contributed by atoms with van der Waals surface area (Å²) in [5.74, 6) is -0.122. The van der Waals surface area contributed by atoms with Crippen molar-refractivity contribution in [2.24, 2.45) is 0 Å².